The lowest BCUT2D eigenvalue weighted by molar-refractivity contribution is 0.988. The zero-order valence-electron chi connectivity index (χ0n) is 11.8. The number of hydrogen-bond donors (Lipinski definition) is 1. The predicted molar refractivity (Wildman–Crippen MR) is 84.6 cm³/mol. The molecule has 3 aromatic heterocycles. The number of anilines is 3. The van der Waals surface area contributed by atoms with Gasteiger partial charge >= 0.3 is 0 Å². The smallest absolute Gasteiger partial charge is 0.140 e. The second-order valence-electron chi connectivity index (χ2n) is 5.10. The molecule has 0 radical (unpaired) electrons. The molecule has 4 rings (SSSR count). The van der Waals surface area contributed by atoms with Gasteiger partial charge in [-0.3, -0.25) is 4.98 Å². The van der Waals surface area contributed by atoms with Crippen LogP contribution in [0.5, 0.6) is 0 Å². The van der Waals surface area contributed by atoms with Crippen LogP contribution < -0.4 is 10.6 Å². The summed E-state index contributed by atoms with van der Waals surface area (Å²) in [5.74, 6) is 1.46. The number of fused-ring (bicyclic) bond motifs is 1. The maximum atomic E-state index is 5.66. The quantitative estimate of drug-likeness (QED) is 0.779. The minimum Gasteiger partial charge on any atom is -0.384 e. The first-order valence-corrected chi connectivity index (χ1v) is 7.06. The fourth-order valence-electron chi connectivity index (χ4n) is 2.76. The Morgan fingerprint density at radius 3 is 2.64 bits per heavy atom. The first-order valence-electron chi connectivity index (χ1n) is 7.06. The second kappa shape index (κ2) is 5.07. The van der Waals surface area contributed by atoms with Crippen molar-refractivity contribution in [2.75, 3.05) is 17.2 Å². The lowest BCUT2D eigenvalue weighted by Crippen LogP contribution is -2.14. The molecular weight excluding hydrogens is 276 g/mol. The SMILES string of the molecule is Nc1ccc(-c2ncnc3c2CCN3c2ccncc2)cn1. The normalized spacial score (nSPS) is 13.2. The van der Waals surface area contributed by atoms with E-state index >= 15 is 0 Å². The van der Waals surface area contributed by atoms with Crippen molar-refractivity contribution < 1.29 is 0 Å². The van der Waals surface area contributed by atoms with Gasteiger partial charge in [0.25, 0.3) is 0 Å². The highest BCUT2D eigenvalue weighted by Crippen LogP contribution is 2.36. The largest absolute Gasteiger partial charge is 0.384 e. The molecule has 0 fully saturated rings. The monoisotopic (exact) mass is 290 g/mol. The van der Waals surface area contributed by atoms with Crippen molar-refractivity contribution >= 4 is 17.3 Å². The van der Waals surface area contributed by atoms with E-state index in [4.69, 9.17) is 5.73 Å². The molecule has 4 heterocycles. The van der Waals surface area contributed by atoms with Crippen LogP contribution in [0.4, 0.5) is 17.3 Å². The van der Waals surface area contributed by atoms with Gasteiger partial charge in [0.1, 0.15) is 18.0 Å². The number of pyridine rings is 2. The van der Waals surface area contributed by atoms with Crippen molar-refractivity contribution in [3.63, 3.8) is 0 Å². The predicted octanol–water partition coefficient (Wildman–Crippen LogP) is 2.21. The summed E-state index contributed by atoms with van der Waals surface area (Å²) >= 11 is 0. The van der Waals surface area contributed by atoms with Crippen LogP contribution in [0.2, 0.25) is 0 Å². The Labute approximate surface area is 127 Å². The lowest BCUT2D eigenvalue weighted by atomic mass is 10.1. The van der Waals surface area contributed by atoms with Crippen LogP contribution in [-0.4, -0.2) is 26.5 Å². The number of rotatable bonds is 2. The Hall–Kier alpha value is -3.02. The van der Waals surface area contributed by atoms with Crippen molar-refractivity contribution in [1.29, 1.82) is 0 Å². The van der Waals surface area contributed by atoms with Gasteiger partial charge in [-0.2, -0.15) is 0 Å². The number of hydrogen-bond acceptors (Lipinski definition) is 6. The summed E-state index contributed by atoms with van der Waals surface area (Å²) in [6.07, 6.45) is 7.84. The molecule has 3 aromatic rings. The van der Waals surface area contributed by atoms with Gasteiger partial charge in [-0.1, -0.05) is 0 Å². The third kappa shape index (κ3) is 2.05. The Balaban J connectivity index is 1.79. The van der Waals surface area contributed by atoms with Crippen LogP contribution in [0.3, 0.4) is 0 Å². The average Bonchev–Trinajstić information content (AvgIpc) is 3.00. The molecule has 0 bridgehead atoms. The minimum absolute atomic E-state index is 0.507. The molecule has 6 nitrogen and oxygen atoms in total. The van der Waals surface area contributed by atoms with E-state index in [9.17, 15) is 0 Å². The van der Waals surface area contributed by atoms with Gasteiger partial charge in [-0.05, 0) is 30.7 Å². The molecular formula is C16H14N6. The van der Waals surface area contributed by atoms with Crippen molar-refractivity contribution in [2.45, 2.75) is 6.42 Å². The maximum absolute atomic E-state index is 5.66. The van der Waals surface area contributed by atoms with Gasteiger partial charge in [0.15, 0.2) is 0 Å². The van der Waals surface area contributed by atoms with E-state index < -0.39 is 0 Å². The van der Waals surface area contributed by atoms with Gasteiger partial charge in [0.05, 0.1) is 5.69 Å². The van der Waals surface area contributed by atoms with E-state index in [1.54, 1.807) is 31.0 Å². The van der Waals surface area contributed by atoms with E-state index in [0.29, 0.717) is 5.82 Å². The molecule has 0 unspecified atom stereocenters. The first kappa shape index (κ1) is 12.7. The molecule has 0 saturated carbocycles. The van der Waals surface area contributed by atoms with Gasteiger partial charge in [0, 0.05) is 41.9 Å². The van der Waals surface area contributed by atoms with Crippen LogP contribution >= 0.6 is 0 Å². The molecule has 6 heteroatoms. The van der Waals surface area contributed by atoms with Gasteiger partial charge < -0.3 is 10.6 Å². The molecule has 0 atom stereocenters. The summed E-state index contributed by atoms with van der Waals surface area (Å²) in [6, 6.07) is 7.71. The molecule has 1 aliphatic rings. The summed E-state index contributed by atoms with van der Waals surface area (Å²) in [7, 11) is 0. The van der Waals surface area contributed by atoms with Crippen LogP contribution in [0, 0.1) is 0 Å². The molecule has 0 spiro atoms. The number of nitrogen functional groups attached to an aromatic ring is 1. The van der Waals surface area contributed by atoms with E-state index in [1.165, 1.54) is 0 Å². The molecule has 1 aliphatic heterocycles. The van der Waals surface area contributed by atoms with Crippen molar-refractivity contribution in [3.8, 4) is 11.3 Å². The highest BCUT2D eigenvalue weighted by Gasteiger charge is 2.25. The second-order valence-corrected chi connectivity index (χ2v) is 5.10. The van der Waals surface area contributed by atoms with Crippen LogP contribution in [0.1, 0.15) is 5.56 Å². The average molecular weight is 290 g/mol. The topological polar surface area (TPSA) is 80.8 Å². The third-order valence-electron chi connectivity index (χ3n) is 3.80. The first-order chi connectivity index (χ1) is 10.8. The third-order valence-corrected chi connectivity index (χ3v) is 3.80. The number of nitrogens with two attached hydrogens (primary N) is 1. The molecule has 108 valence electrons. The molecule has 0 saturated heterocycles. The van der Waals surface area contributed by atoms with Gasteiger partial charge in [-0.25, -0.2) is 15.0 Å². The molecule has 0 aromatic carbocycles. The van der Waals surface area contributed by atoms with Gasteiger partial charge in [0.2, 0.25) is 0 Å². The fraction of sp³-hybridized carbons (Fsp3) is 0.125. The zero-order chi connectivity index (χ0) is 14.9. The Morgan fingerprint density at radius 1 is 1.00 bits per heavy atom. The molecule has 0 amide bonds. The molecule has 22 heavy (non-hydrogen) atoms. The highest BCUT2D eigenvalue weighted by atomic mass is 15.2. The van der Waals surface area contributed by atoms with Crippen molar-refractivity contribution in [2.24, 2.45) is 0 Å². The van der Waals surface area contributed by atoms with E-state index in [-0.39, 0.29) is 0 Å². The lowest BCUT2D eigenvalue weighted by Gasteiger charge is -2.18. The fourth-order valence-corrected chi connectivity index (χ4v) is 2.76. The number of nitrogens with zero attached hydrogens (tertiary/aromatic N) is 5. The Kier molecular flexibility index (Phi) is 2.93. The van der Waals surface area contributed by atoms with Gasteiger partial charge in [-0.15, -0.1) is 0 Å². The van der Waals surface area contributed by atoms with Crippen LogP contribution in [0.15, 0.2) is 49.2 Å². The summed E-state index contributed by atoms with van der Waals surface area (Å²) in [4.78, 5) is 19.3. The summed E-state index contributed by atoms with van der Waals surface area (Å²) in [5.41, 5.74) is 9.78. The zero-order valence-corrected chi connectivity index (χ0v) is 11.8. The standard InChI is InChI=1S/C16H14N6/c17-14-2-1-11(9-19-14)15-13-5-8-22(16(13)21-10-20-15)12-3-6-18-7-4-12/h1-4,6-7,9-10H,5,8H2,(H2,17,19). The van der Waals surface area contributed by atoms with Crippen molar-refractivity contribution in [1.82, 2.24) is 19.9 Å². The highest BCUT2D eigenvalue weighted by molar-refractivity contribution is 5.75. The van der Waals surface area contributed by atoms with E-state index in [1.807, 2.05) is 18.2 Å². The van der Waals surface area contributed by atoms with Crippen molar-refractivity contribution in [3.05, 3.63) is 54.7 Å². The van der Waals surface area contributed by atoms with Crippen LogP contribution in [0.25, 0.3) is 11.3 Å². The number of aromatic nitrogens is 4. The molecule has 2 N–H and O–H groups in total. The minimum atomic E-state index is 0.507. The van der Waals surface area contributed by atoms with Crippen LogP contribution in [-0.2, 0) is 6.42 Å². The Bertz CT molecular complexity index is 801. The van der Waals surface area contributed by atoms with E-state index in [2.05, 4.69) is 24.8 Å². The van der Waals surface area contributed by atoms with E-state index in [0.717, 1.165) is 41.3 Å². The summed E-state index contributed by atoms with van der Waals surface area (Å²) in [6.45, 7) is 0.882. The Morgan fingerprint density at radius 2 is 1.86 bits per heavy atom. The summed E-state index contributed by atoms with van der Waals surface area (Å²) in [5, 5.41) is 0. The maximum Gasteiger partial charge on any atom is 0.140 e. The summed E-state index contributed by atoms with van der Waals surface area (Å²) < 4.78 is 0. The molecule has 0 aliphatic carbocycles.